The van der Waals surface area contributed by atoms with Crippen molar-refractivity contribution < 1.29 is 13.5 Å². The lowest BCUT2D eigenvalue weighted by Crippen LogP contribution is -2.04. The molecule has 0 bridgehead atoms. The molecule has 0 radical (unpaired) electrons. The molecule has 2 rings (SSSR count). The SMILES string of the molecule is Cc1cc(Br)cc(CBr)c1OCc1c(F)cccc1F. The first kappa shape index (κ1) is 15.4. The van der Waals surface area contributed by atoms with Crippen molar-refractivity contribution in [1.29, 1.82) is 0 Å². The zero-order chi connectivity index (χ0) is 14.7. The number of halogens is 4. The molecule has 0 saturated carbocycles. The van der Waals surface area contributed by atoms with Crippen molar-refractivity contribution >= 4 is 31.9 Å². The molecule has 0 amide bonds. The molecule has 0 fully saturated rings. The number of hydrogen-bond acceptors (Lipinski definition) is 1. The summed E-state index contributed by atoms with van der Waals surface area (Å²) in [7, 11) is 0. The fourth-order valence-corrected chi connectivity index (χ4v) is 2.96. The molecule has 2 aromatic rings. The number of benzene rings is 2. The van der Waals surface area contributed by atoms with Crippen LogP contribution in [-0.4, -0.2) is 0 Å². The Morgan fingerprint density at radius 3 is 2.40 bits per heavy atom. The highest BCUT2D eigenvalue weighted by molar-refractivity contribution is 9.10. The molecule has 0 spiro atoms. The molecular weight excluding hydrogens is 394 g/mol. The molecule has 0 saturated heterocycles. The summed E-state index contributed by atoms with van der Waals surface area (Å²) in [6.45, 7) is 1.75. The molecule has 106 valence electrons. The normalized spacial score (nSPS) is 10.7. The third kappa shape index (κ3) is 3.38. The molecule has 0 aliphatic carbocycles. The maximum Gasteiger partial charge on any atom is 0.132 e. The van der Waals surface area contributed by atoms with Gasteiger partial charge in [0.25, 0.3) is 0 Å². The van der Waals surface area contributed by atoms with Crippen LogP contribution in [0.25, 0.3) is 0 Å². The van der Waals surface area contributed by atoms with Crippen LogP contribution >= 0.6 is 31.9 Å². The van der Waals surface area contributed by atoms with E-state index in [1.165, 1.54) is 18.2 Å². The zero-order valence-corrected chi connectivity index (χ0v) is 13.9. The van der Waals surface area contributed by atoms with Gasteiger partial charge in [0.1, 0.15) is 24.0 Å². The molecule has 0 unspecified atom stereocenters. The highest BCUT2D eigenvalue weighted by Gasteiger charge is 2.12. The van der Waals surface area contributed by atoms with Gasteiger partial charge in [0.15, 0.2) is 0 Å². The Balaban J connectivity index is 2.27. The molecule has 0 N–H and O–H groups in total. The van der Waals surface area contributed by atoms with Crippen LogP contribution in [0.3, 0.4) is 0 Å². The van der Waals surface area contributed by atoms with Gasteiger partial charge < -0.3 is 4.74 Å². The molecule has 0 heterocycles. The van der Waals surface area contributed by atoms with E-state index in [2.05, 4.69) is 31.9 Å². The summed E-state index contributed by atoms with van der Waals surface area (Å²) in [5.74, 6) is -0.548. The first-order valence-electron chi connectivity index (χ1n) is 5.93. The third-order valence-electron chi connectivity index (χ3n) is 2.88. The van der Waals surface area contributed by atoms with Gasteiger partial charge in [-0.3, -0.25) is 0 Å². The van der Waals surface area contributed by atoms with Crippen molar-refractivity contribution in [3.63, 3.8) is 0 Å². The molecule has 20 heavy (non-hydrogen) atoms. The fraction of sp³-hybridized carbons (Fsp3) is 0.200. The second-order valence-corrected chi connectivity index (χ2v) is 5.81. The summed E-state index contributed by atoms with van der Waals surface area (Å²) < 4.78 is 33.7. The summed E-state index contributed by atoms with van der Waals surface area (Å²) in [4.78, 5) is 0. The molecule has 0 aliphatic rings. The predicted molar refractivity (Wildman–Crippen MR) is 82.2 cm³/mol. The van der Waals surface area contributed by atoms with Gasteiger partial charge >= 0.3 is 0 Å². The van der Waals surface area contributed by atoms with Gasteiger partial charge in [-0.1, -0.05) is 37.9 Å². The van der Waals surface area contributed by atoms with E-state index in [1.54, 1.807) is 0 Å². The van der Waals surface area contributed by atoms with Crippen LogP contribution in [0.2, 0.25) is 0 Å². The minimum absolute atomic E-state index is 0.0599. The lowest BCUT2D eigenvalue weighted by atomic mass is 10.1. The number of rotatable bonds is 4. The minimum Gasteiger partial charge on any atom is -0.488 e. The van der Waals surface area contributed by atoms with Gasteiger partial charge in [-0.25, -0.2) is 8.78 Å². The van der Waals surface area contributed by atoms with Gasteiger partial charge in [0, 0.05) is 15.4 Å². The monoisotopic (exact) mass is 404 g/mol. The van der Waals surface area contributed by atoms with Gasteiger partial charge in [0.2, 0.25) is 0 Å². The summed E-state index contributed by atoms with van der Waals surface area (Å²) in [6.07, 6.45) is 0. The van der Waals surface area contributed by atoms with E-state index in [0.717, 1.165) is 15.6 Å². The maximum absolute atomic E-state index is 13.6. The summed E-state index contributed by atoms with van der Waals surface area (Å²) >= 11 is 6.79. The van der Waals surface area contributed by atoms with Crippen molar-refractivity contribution in [3.05, 3.63) is 63.1 Å². The van der Waals surface area contributed by atoms with Crippen molar-refractivity contribution in [2.24, 2.45) is 0 Å². The van der Waals surface area contributed by atoms with E-state index < -0.39 is 11.6 Å². The summed E-state index contributed by atoms with van der Waals surface area (Å²) in [5, 5.41) is 0.600. The van der Waals surface area contributed by atoms with Crippen LogP contribution in [0, 0.1) is 18.6 Å². The molecular formula is C15H12Br2F2O. The van der Waals surface area contributed by atoms with Crippen LogP contribution in [-0.2, 0) is 11.9 Å². The van der Waals surface area contributed by atoms with E-state index in [9.17, 15) is 8.78 Å². The average Bonchev–Trinajstić information content (AvgIpc) is 2.39. The van der Waals surface area contributed by atoms with Crippen LogP contribution in [0.15, 0.2) is 34.8 Å². The van der Waals surface area contributed by atoms with Gasteiger partial charge in [-0.15, -0.1) is 0 Å². The van der Waals surface area contributed by atoms with Crippen molar-refractivity contribution in [2.75, 3.05) is 0 Å². The third-order valence-corrected chi connectivity index (χ3v) is 3.94. The van der Waals surface area contributed by atoms with Gasteiger partial charge in [0.05, 0.1) is 5.56 Å². The van der Waals surface area contributed by atoms with Crippen LogP contribution in [0.4, 0.5) is 8.78 Å². The number of hydrogen-bond donors (Lipinski definition) is 0. The molecule has 5 heteroatoms. The molecule has 1 nitrogen and oxygen atoms in total. The number of aryl methyl sites for hydroxylation is 1. The second-order valence-electron chi connectivity index (χ2n) is 4.33. The Morgan fingerprint density at radius 1 is 1.15 bits per heavy atom. The molecule has 0 aromatic heterocycles. The van der Waals surface area contributed by atoms with E-state index in [0.29, 0.717) is 11.1 Å². The highest BCUT2D eigenvalue weighted by Crippen LogP contribution is 2.30. The number of ether oxygens (including phenoxy) is 1. The fourth-order valence-electron chi connectivity index (χ4n) is 1.92. The Kier molecular flexibility index (Phi) is 5.16. The van der Waals surface area contributed by atoms with Crippen molar-refractivity contribution in [3.8, 4) is 5.75 Å². The van der Waals surface area contributed by atoms with E-state index in [1.807, 2.05) is 19.1 Å². The highest BCUT2D eigenvalue weighted by atomic mass is 79.9. The minimum atomic E-state index is -0.597. The smallest absolute Gasteiger partial charge is 0.132 e. The van der Waals surface area contributed by atoms with Crippen molar-refractivity contribution in [2.45, 2.75) is 18.9 Å². The first-order chi connectivity index (χ1) is 9.52. The molecule has 2 aromatic carbocycles. The predicted octanol–water partition coefficient (Wildman–Crippen LogP) is 5.51. The Morgan fingerprint density at radius 2 is 1.80 bits per heavy atom. The Labute approximate surface area is 133 Å². The average molecular weight is 406 g/mol. The summed E-state index contributed by atoms with van der Waals surface area (Å²) in [6, 6.07) is 7.60. The van der Waals surface area contributed by atoms with Crippen LogP contribution in [0.1, 0.15) is 16.7 Å². The van der Waals surface area contributed by atoms with Crippen LogP contribution in [0.5, 0.6) is 5.75 Å². The van der Waals surface area contributed by atoms with Gasteiger partial charge in [-0.05, 0) is 36.8 Å². The zero-order valence-electron chi connectivity index (χ0n) is 10.7. The quantitative estimate of drug-likeness (QED) is 0.609. The van der Waals surface area contributed by atoms with Gasteiger partial charge in [-0.2, -0.15) is 0 Å². The topological polar surface area (TPSA) is 9.23 Å². The lowest BCUT2D eigenvalue weighted by molar-refractivity contribution is 0.288. The molecule has 0 atom stereocenters. The van der Waals surface area contributed by atoms with E-state index in [-0.39, 0.29) is 12.2 Å². The summed E-state index contributed by atoms with van der Waals surface area (Å²) in [5.41, 5.74) is 1.77. The first-order valence-corrected chi connectivity index (χ1v) is 7.85. The standard InChI is InChI=1S/C15H12Br2F2O/c1-9-5-11(17)6-10(7-16)15(9)20-8-12-13(18)3-2-4-14(12)19/h2-6H,7-8H2,1H3. The largest absolute Gasteiger partial charge is 0.488 e. The lowest BCUT2D eigenvalue weighted by Gasteiger charge is -2.14. The number of alkyl halides is 1. The van der Waals surface area contributed by atoms with Crippen LogP contribution < -0.4 is 4.74 Å². The Bertz CT molecular complexity index is 609. The Hall–Kier alpha value is -0.940. The maximum atomic E-state index is 13.6. The second kappa shape index (κ2) is 6.68. The van der Waals surface area contributed by atoms with E-state index >= 15 is 0 Å². The molecule has 0 aliphatic heterocycles. The van der Waals surface area contributed by atoms with E-state index in [4.69, 9.17) is 4.74 Å². The van der Waals surface area contributed by atoms with Crippen molar-refractivity contribution in [1.82, 2.24) is 0 Å².